The van der Waals surface area contributed by atoms with Gasteiger partial charge in [-0.25, -0.2) is 4.39 Å². The van der Waals surface area contributed by atoms with E-state index in [1.54, 1.807) is 0 Å². The van der Waals surface area contributed by atoms with Gasteiger partial charge in [0.25, 0.3) is 5.91 Å². The summed E-state index contributed by atoms with van der Waals surface area (Å²) in [6.45, 7) is 5.17. The minimum absolute atomic E-state index is 0.0282. The van der Waals surface area contributed by atoms with E-state index < -0.39 is 17.8 Å². The summed E-state index contributed by atoms with van der Waals surface area (Å²) in [4.78, 5) is 23.6. The van der Waals surface area contributed by atoms with Gasteiger partial charge in [-0.2, -0.15) is 0 Å². The highest BCUT2D eigenvalue weighted by Crippen LogP contribution is 2.16. The Labute approximate surface area is 117 Å². The van der Waals surface area contributed by atoms with Crippen molar-refractivity contribution in [1.29, 1.82) is 0 Å². The van der Waals surface area contributed by atoms with Crippen LogP contribution in [-0.4, -0.2) is 31.0 Å². The average Bonchev–Trinajstić information content (AvgIpc) is 2.37. The third kappa shape index (κ3) is 4.22. The molecule has 6 heteroatoms. The van der Waals surface area contributed by atoms with E-state index in [1.807, 2.05) is 13.8 Å². The molecule has 1 aromatic rings. The number of amides is 2. The van der Waals surface area contributed by atoms with Crippen molar-refractivity contribution in [2.45, 2.75) is 32.9 Å². The first-order valence-electron chi connectivity index (χ1n) is 6.30. The summed E-state index contributed by atoms with van der Waals surface area (Å²) in [6, 6.07) is 3.15. The molecule has 0 spiro atoms. The molecule has 0 saturated heterocycles. The van der Waals surface area contributed by atoms with Crippen molar-refractivity contribution >= 4 is 11.8 Å². The van der Waals surface area contributed by atoms with E-state index in [-0.39, 0.29) is 17.5 Å². The van der Waals surface area contributed by atoms with Gasteiger partial charge in [-0.3, -0.25) is 9.59 Å². The summed E-state index contributed by atoms with van der Waals surface area (Å²) < 4.78 is 18.6. The van der Waals surface area contributed by atoms with Crippen molar-refractivity contribution in [3.05, 3.63) is 29.6 Å². The van der Waals surface area contributed by atoms with Crippen LogP contribution in [0.1, 0.15) is 31.1 Å². The van der Waals surface area contributed by atoms with Gasteiger partial charge in [0, 0.05) is 12.1 Å². The van der Waals surface area contributed by atoms with Crippen LogP contribution in [0.15, 0.2) is 18.2 Å². The van der Waals surface area contributed by atoms with Crippen LogP contribution in [0.4, 0.5) is 4.39 Å². The summed E-state index contributed by atoms with van der Waals surface area (Å²) in [5, 5.41) is 5.11. The van der Waals surface area contributed by atoms with Gasteiger partial charge in [-0.1, -0.05) is 0 Å². The molecule has 110 valence electrons. The van der Waals surface area contributed by atoms with Crippen LogP contribution >= 0.6 is 0 Å². The van der Waals surface area contributed by atoms with Gasteiger partial charge in [0.2, 0.25) is 5.91 Å². The highest BCUT2D eigenvalue weighted by Gasteiger charge is 2.19. The van der Waals surface area contributed by atoms with E-state index in [2.05, 4.69) is 10.6 Å². The normalized spacial score (nSPS) is 11.9. The molecule has 20 heavy (non-hydrogen) atoms. The molecule has 2 amide bonds. The van der Waals surface area contributed by atoms with Gasteiger partial charge >= 0.3 is 0 Å². The maximum Gasteiger partial charge on any atom is 0.254 e. The maximum absolute atomic E-state index is 13.7. The van der Waals surface area contributed by atoms with Crippen molar-refractivity contribution in [3.8, 4) is 5.75 Å². The van der Waals surface area contributed by atoms with Gasteiger partial charge < -0.3 is 15.4 Å². The Kier molecular flexibility index (Phi) is 5.49. The second kappa shape index (κ2) is 6.88. The van der Waals surface area contributed by atoms with Crippen molar-refractivity contribution < 1.29 is 18.7 Å². The molecule has 0 fully saturated rings. The number of ether oxygens (including phenoxy) is 1. The highest BCUT2D eigenvalue weighted by atomic mass is 19.1. The molecule has 0 aliphatic rings. The Morgan fingerprint density at radius 1 is 1.20 bits per heavy atom. The van der Waals surface area contributed by atoms with E-state index in [4.69, 9.17) is 4.74 Å². The summed E-state index contributed by atoms with van der Waals surface area (Å²) >= 11 is 0. The lowest BCUT2D eigenvalue weighted by Gasteiger charge is -2.16. The molecule has 2 N–H and O–H groups in total. The zero-order valence-electron chi connectivity index (χ0n) is 12.0. The predicted molar refractivity (Wildman–Crippen MR) is 73.2 cm³/mol. The molecule has 0 radical (unpaired) electrons. The van der Waals surface area contributed by atoms with E-state index in [1.165, 1.54) is 26.2 Å². The van der Waals surface area contributed by atoms with Gasteiger partial charge in [0.1, 0.15) is 17.6 Å². The monoisotopic (exact) mass is 282 g/mol. The van der Waals surface area contributed by atoms with Crippen molar-refractivity contribution in [2.24, 2.45) is 0 Å². The molecule has 1 rings (SSSR count). The largest absolute Gasteiger partial charge is 0.497 e. The Morgan fingerprint density at radius 3 is 2.35 bits per heavy atom. The molecular formula is C14H19FN2O3. The van der Waals surface area contributed by atoms with Crippen molar-refractivity contribution in [1.82, 2.24) is 10.6 Å². The van der Waals surface area contributed by atoms with Crippen LogP contribution in [-0.2, 0) is 4.79 Å². The highest BCUT2D eigenvalue weighted by molar-refractivity contribution is 5.97. The first-order chi connectivity index (χ1) is 9.35. The molecule has 0 aromatic heterocycles. The number of carbonyl (C=O) groups excluding carboxylic acids is 2. The van der Waals surface area contributed by atoms with E-state index in [0.29, 0.717) is 5.75 Å². The standard InChI is InChI=1S/C14H19FN2O3/c1-8(2)16-13(18)9(3)17-14(19)11-6-5-10(20-4)7-12(11)15/h5-9H,1-4H3,(H,16,18)(H,17,19). The lowest BCUT2D eigenvalue weighted by molar-refractivity contribution is -0.123. The third-order valence-corrected chi connectivity index (χ3v) is 2.59. The first-order valence-corrected chi connectivity index (χ1v) is 6.30. The quantitative estimate of drug-likeness (QED) is 0.859. The summed E-state index contributed by atoms with van der Waals surface area (Å²) in [5.74, 6) is -1.33. The van der Waals surface area contributed by atoms with Crippen LogP contribution in [0, 0.1) is 5.82 Å². The average molecular weight is 282 g/mol. The molecule has 0 saturated carbocycles. The second-order valence-corrected chi connectivity index (χ2v) is 4.70. The fraction of sp³-hybridized carbons (Fsp3) is 0.429. The SMILES string of the molecule is COc1ccc(C(=O)NC(C)C(=O)NC(C)C)c(F)c1. The van der Waals surface area contributed by atoms with Gasteiger partial charge in [0.05, 0.1) is 12.7 Å². The van der Waals surface area contributed by atoms with Crippen LogP contribution in [0.3, 0.4) is 0 Å². The summed E-state index contributed by atoms with van der Waals surface area (Å²) in [6.07, 6.45) is 0. The number of nitrogens with one attached hydrogen (secondary N) is 2. The Bertz CT molecular complexity index is 503. The lowest BCUT2D eigenvalue weighted by Crippen LogP contribution is -2.46. The summed E-state index contributed by atoms with van der Waals surface area (Å²) in [5.41, 5.74) is -0.130. The minimum Gasteiger partial charge on any atom is -0.497 e. The maximum atomic E-state index is 13.7. The first kappa shape index (κ1) is 15.9. The number of rotatable bonds is 5. The zero-order chi connectivity index (χ0) is 15.3. The number of hydrogen-bond donors (Lipinski definition) is 2. The van der Waals surface area contributed by atoms with Gasteiger partial charge in [-0.15, -0.1) is 0 Å². The fourth-order valence-electron chi connectivity index (χ4n) is 1.56. The molecule has 1 unspecified atom stereocenters. The Hall–Kier alpha value is -2.11. The number of methoxy groups -OCH3 is 1. The topological polar surface area (TPSA) is 67.4 Å². The number of carbonyl (C=O) groups is 2. The van der Waals surface area contributed by atoms with Gasteiger partial charge in [-0.05, 0) is 32.9 Å². The fourth-order valence-corrected chi connectivity index (χ4v) is 1.56. The van der Waals surface area contributed by atoms with Crippen molar-refractivity contribution in [3.63, 3.8) is 0 Å². The molecule has 0 aliphatic carbocycles. The smallest absolute Gasteiger partial charge is 0.254 e. The summed E-state index contributed by atoms with van der Waals surface area (Å²) in [7, 11) is 1.41. The molecular weight excluding hydrogens is 263 g/mol. The molecule has 0 aliphatic heterocycles. The van der Waals surface area contributed by atoms with E-state index >= 15 is 0 Å². The molecule has 0 bridgehead atoms. The Balaban J connectivity index is 2.74. The number of benzene rings is 1. The molecule has 5 nitrogen and oxygen atoms in total. The predicted octanol–water partition coefficient (Wildman–Crippen LogP) is 1.48. The van der Waals surface area contributed by atoms with E-state index in [0.717, 1.165) is 6.07 Å². The van der Waals surface area contributed by atoms with Crippen LogP contribution in [0.2, 0.25) is 0 Å². The van der Waals surface area contributed by atoms with Gasteiger partial charge in [0.15, 0.2) is 0 Å². The molecule has 1 aromatic carbocycles. The minimum atomic E-state index is -0.744. The van der Waals surface area contributed by atoms with Crippen LogP contribution in [0.5, 0.6) is 5.75 Å². The number of hydrogen-bond acceptors (Lipinski definition) is 3. The van der Waals surface area contributed by atoms with Crippen LogP contribution < -0.4 is 15.4 Å². The Morgan fingerprint density at radius 2 is 1.85 bits per heavy atom. The zero-order valence-corrected chi connectivity index (χ0v) is 12.0. The van der Waals surface area contributed by atoms with Crippen molar-refractivity contribution in [2.75, 3.05) is 7.11 Å². The molecule has 1 atom stereocenters. The number of halogens is 1. The lowest BCUT2D eigenvalue weighted by atomic mass is 10.1. The van der Waals surface area contributed by atoms with E-state index in [9.17, 15) is 14.0 Å². The van der Waals surface area contributed by atoms with Crippen LogP contribution in [0.25, 0.3) is 0 Å². The third-order valence-electron chi connectivity index (χ3n) is 2.59. The second-order valence-electron chi connectivity index (χ2n) is 4.70. The molecule has 0 heterocycles.